The second-order valence-electron chi connectivity index (χ2n) is 12.5. The van der Waals surface area contributed by atoms with Crippen LogP contribution in [-0.2, 0) is 12.8 Å². The first kappa shape index (κ1) is 35.9. The molecule has 0 saturated carbocycles. The molecule has 2 heterocycles. The van der Waals surface area contributed by atoms with Gasteiger partial charge in [0.2, 0.25) is 0 Å². The molecule has 0 atom stereocenters. The summed E-state index contributed by atoms with van der Waals surface area (Å²) >= 11 is 1.56. The summed E-state index contributed by atoms with van der Waals surface area (Å²) in [6, 6.07) is 11.5. The van der Waals surface area contributed by atoms with Crippen molar-refractivity contribution in [2.24, 2.45) is 0 Å². The highest BCUT2D eigenvalue weighted by Gasteiger charge is 2.12. The maximum Gasteiger partial charge on any atom is 0.353 e. The van der Waals surface area contributed by atoms with E-state index in [9.17, 15) is 4.79 Å². The van der Waals surface area contributed by atoms with Crippen molar-refractivity contribution in [3.63, 3.8) is 0 Å². The summed E-state index contributed by atoms with van der Waals surface area (Å²) in [5, 5.41) is 0. The number of thiophene rings is 1. The third-order valence-electron chi connectivity index (χ3n) is 8.49. The smallest absolute Gasteiger partial charge is 0.353 e. The molecule has 0 bridgehead atoms. The topological polar surface area (TPSA) is 52.1 Å². The normalized spacial score (nSPS) is 11.2. The van der Waals surface area contributed by atoms with E-state index < -0.39 is 0 Å². The third-order valence-corrected chi connectivity index (χ3v) is 9.61. The molecular weight excluding hydrogens is 561 g/mol. The standard InChI is InChI=1S/C39H58N2O2S/c1-3-5-7-9-11-13-15-17-19-21-23-33-31-40-38(41-32-33)34-25-27-35(28-26-34)43-39(42)37-30-29-36(44-37)24-22-20-18-16-14-12-10-8-6-4-2/h25-32H,3-24H2,1-2H3. The minimum absolute atomic E-state index is 0.287. The Morgan fingerprint density at radius 1 is 0.591 bits per heavy atom. The highest BCUT2D eigenvalue weighted by atomic mass is 32.1. The van der Waals surface area contributed by atoms with Crippen LogP contribution in [0.1, 0.15) is 162 Å². The largest absolute Gasteiger partial charge is 0.422 e. The highest BCUT2D eigenvalue weighted by molar-refractivity contribution is 7.13. The zero-order valence-electron chi connectivity index (χ0n) is 27.8. The monoisotopic (exact) mass is 618 g/mol. The zero-order valence-corrected chi connectivity index (χ0v) is 28.6. The highest BCUT2D eigenvalue weighted by Crippen LogP contribution is 2.24. The van der Waals surface area contributed by atoms with Crippen LogP contribution < -0.4 is 4.74 Å². The van der Waals surface area contributed by atoms with Crippen molar-refractivity contribution in [2.75, 3.05) is 0 Å². The number of ether oxygens (including phenoxy) is 1. The van der Waals surface area contributed by atoms with Crippen LogP contribution in [0.3, 0.4) is 0 Å². The zero-order chi connectivity index (χ0) is 31.1. The van der Waals surface area contributed by atoms with Crippen molar-refractivity contribution >= 4 is 17.3 Å². The third kappa shape index (κ3) is 15.0. The van der Waals surface area contributed by atoms with Crippen LogP contribution >= 0.6 is 11.3 Å². The van der Waals surface area contributed by atoms with Gasteiger partial charge < -0.3 is 4.74 Å². The molecule has 0 radical (unpaired) electrons. The quantitative estimate of drug-likeness (QED) is 0.0538. The fraction of sp³-hybridized carbons (Fsp3) is 0.615. The number of hydrogen-bond acceptors (Lipinski definition) is 5. The fourth-order valence-electron chi connectivity index (χ4n) is 5.69. The number of aromatic nitrogens is 2. The first-order valence-corrected chi connectivity index (χ1v) is 18.7. The number of benzene rings is 1. The molecule has 0 fully saturated rings. The van der Waals surface area contributed by atoms with Gasteiger partial charge in [-0.1, -0.05) is 129 Å². The number of nitrogens with zero attached hydrogens (tertiary/aromatic N) is 2. The lowest BCUT2D eigenvalue weighted by Gasteiger charge is -2.06. The van der Waals surface area contributed by atoms with Gasteiger partial charge in [-0.25, -0.2) is 14.8 Å². The van der Waals surface area contributed by atoms with Gasteiger partial charge in [-0.2, -0.15) is 0 Å². The van der Waals surface area contributed by atoms with Crippen LogP contribution in [0.2, 0.25) is 0 Å². The van der Waals surface area contributed by atoms with Crippen molar-refractivity contribution in [1.29, 1.82) is 0 Å². The molecule has 0 aliphatic heterocycles. The van der Waals surface area contributed by atoms with Gasteiger partial charge >= 0.3 is 5.97 Å². The second kappa shape index (κ2) is 22.9. The lowest BCUT2D eigenvalue weighted by Crippen LogP contribution is -2.06. The molecule has 44 heavy (non-hydrogen) atoms. The van der Waals surface area contributed by atoms with E-state index in [0.29, 0.717) is 16.5 Å². The van der Waals surface area contributed by atoms with Crippen molar-refractivity contribution in [2.45, 2.75) is 155 Å². The van der Waals surface area contributed by atoms with E-state index in [4.69, 9.17) is 4.74 Å². The molecule has 0 aliphatic rings. The minimum Gasteiger partial charge on any atom is -0.422 e. The lowest BCUT2D eigenvalue weighted by molar-refractivity contribution is 0.0740. The Kier molecular flexibility index (Phi) is 18.7. The summed E-state index contributed by atoms with van der Waals surface area (Å²) in [7, 11) is 0. The van der Waals surface area contributed by atoms with Crippen molar-refractivity contribution in [3.8, 4) is 17.1 Å². The number of carbonyl (C=O) groups is 1. The Bertz CT molecular complexity index is 1140. The SMILES string of the molecule is CCCCCCCCCCCCc1cnc(-c2ccc(OC(=O)c3ccc(CCCCCCCCCCCC)s3)cc2)nc1. The molecule has 1 aromatic carbocycles. The van der Waals surface area contributed by atoms with Gasteiger partial charge in [-0.3, -0.25) is 0 Å². The van der Waals surface area contributed by atoms with Crippen LogP contribution in [0.25, 0.3) is 11.4 Å². The van der Waals surface area contributed by atoms with Gasteiger partial charge in [0.05, 0.1) is 0 Å². The van der Waals surface area contributed by atoms with E-state index in [2.05, 4.69) is 29.9 Å². The van der Waals surface area contributed by atoms with Crippen LogP contribution in [0, 0.1) is 0 Å². The van der Waals surface area contributed by atoms with Gasteiger partial charge in [-0.05, 0) is 67.6 Å². The minimum atomic E-state index is -0.287. The molecule has 0 spiro atoms. The van der Waals surface area contributed by atoms with Crippen molar-refractivity contribution in [3.05, 3.63) is 64.1 Å². The van der Waals surface area contributed by atoms with Gasteiger partial charge in [0.1, 0.15) is 10.6 Å². The van der Waals surface area contributed by atoms with Crippen LogP contribution in [-0.4, -0.2) is 15.9 Å². The van der Waals surface area contributed by atoms with E-state index in [1.54, 1.807) is 11.3 Å². The van der Waals surface area contributed by atoms with E-state index >= 15 is 0 Å². The molecule has 0 unspecified atom stereocenters. The summed E-state index contributed by atoms with van der Waals surface area (Å²) in [5.74, 6) is 0.954. The number of carbonyl (C=O) groups excluding carboxylic acids is 1. The number of hydrogen-bond donors (Lipinski definition) is 0. The van der Waals surface area contributed by atoms with Gasteiger partial charge in [0, 0.05) is 22.8 Å². The van der Waals surface area contributed by atoms with E-state index in [-0.39, 0.29) is 5.97 Å². The molecule has 3 rings (SSSR count). The molecule has 0 N–H and O–H groups in total. The van der Waals surface area contributed by atoms with E-state index in [1.165, 1.54) is 139 Å². The average Bonchev–Trinajstić information content (AvgIpc) is 3.53. The van der Waals surface area contributed by atoms with Crippen molar-refractivity contribution < 1.29 is 9.53 Å². The van der Waals surface area contributed by atoms with Crippen molar-refractivity contribution in [1.82, 2.24) is 9.97 Å². The molecule has 242 valence electrons. The Balaban J connectivity index is 1.29. The summed E-state index contributed by atoms with van der Waals surface area (Å²) in [6.45, 7) is 4.54. The number of rotatable bonds is 25. The van der Waals surface area contributed by atoms with Crippen LogP contribution in [0.5, 0.6) is 5.75 Å². The van der Waals surface area contributed by atoms with Gasteiger partial charge in [0.25, 0.3) is 0 Å². The first-order valence-electron chi connectivity index (χ1n) is 17.9. The predicted octanol–water partition coefficient (Wildman–Crippen LogP) is 12.4. The predicted molar refractivity (Wildman–Crippen MR) is 188 cm³/mol. The molecule has 0 amide bonds. The molecule has 0 saturated heterocycles. The number of aryl methyl sites for hydroxylation is 2. The summed E-state index contributed by atoms with van der Waals surface area (Å²) < 4.78 is 5.66. The Hall–Kier alpha value is -2.53. The number of esters is 1. The summed E-state index contributed by atoms with van der Waals surface area (Å²) in [5.41, 5.74) is 2.12. The Labute approximate surface area is 272 Å². The Morgan fingerprint density at radius 3 is 1.59 bits per heavy atom. The van der Waals surface area contributed by atoms with Gasteiger partial charge in [0.15, 0.2) is 5.82 Å². The summed E-state index contributed by atoms with van der Waals surface area (Å²) in [4.78, 5) is 23.9. The lowest BCUT2D eigenvalue weighted by atomic mass is 10.0. The van der Waals surface area contributed by atoms with Gasteiger partial charge in [-0.15, -0.1) is 11.3 Å². The maximum atomic E-state index is 12.7. The summed E-state index contributed by atoms with van der Waals surface area (Å²) in [6.07, 6.45) is 32.8. The van der Waals surface area contributed by atoms with Crippen LogP contribution in [0.4, 0.5) is 0 Å². The molecule has 0 aliphatic carbocycles. The second-order valence-corrected chi connectivity index (χ2v) is 13.6. The molecule has 4 nitrogen and oxygen atoms in total. The average molecular weight is 619 g/mol. The van der Waals surface area contributed by atoms with Crippen LogP contribution in [0.15, 0.2) is 48.8 Å². The first-order chi connectivity index (χ1) is 21.7. The molecule has 5 heteroatoms. The number of unbranched alkanes of at least 4 members (excludes halogenated alkanes) is 18. The Morgan fingerprint density at radius 2 is 1.07 bits per heavy atom. The molecule has 3 aromatic rings. The van der Waals surface area contributed by atoms with E-state index in [0.717, 1.165) is 18.4 Å². The maximum absolute atomic E-state index is 12.7. The fourth-order valence-corrected chi connectivity index (χ4v) is 6.61. The molecular formula is C39H58N2O2S. The molecule has 2 aromatic heterocycles. The van der Waals surface area contributed by atoms with E-state index in [1.807, 2.05) is 42.7 Å².